The van der Waals surface area contributed by atoms with Crippen molar-refractivity contribution in [2.75, 3.05) is 26.7 Å². The molecule has 1 saturated heterocycles. The summed E-state index contributed by atoms with van der Waals surface area (Å²) in [5, 5.41) is 11.7. The van der Waals surface area contributed by atoms with Crippen LogP contribution in [0.15, 0.2) is 0 Å². The van der Waals surface area contributed by atoms with Crippen molar-refractivity contribution >= 4 is 12.0 Å². The summed E-state index contributed by atoms with van der Waals surface area (Å²) < 4.78 is 5.17. The Kier molecular flexibility index (Phi) is 3.24. The minimum Gasteiger partial charge on any atom is -0.481 e. The minimum atomic E-state index is -0.811. The molecule has 2 fully saturated rings. The third kappa shape index (κ3) is 2.52. The molecule has 0 bridgehead atoms. The van der Waals surface area contributed by atoms with Crippen molar-refractivity contribution in [1.82, 2.24) is 10.2 Å². The zero-order valence-corrected chi connectivity index (χ0v) is 9.94. The summed E-state index contributed by atoms with van der Waals surface area (Å²) in [7, 11) is 1.63. The number of methoxy groups -OCH3 is 1. The second-order valence-corrected chi connectivity index (χ2v) is 4.84. The summed E-state index contributed by atoms with van der Waals surface area (Å²) in [5.41, 5.74) is -0.698. The first-order valence-electron chi connectivity index (χ1n) is 5.86. The number of likely N-dealkylation sites (tertiary alicyclic amines) is 1. The lowest BCUT2D eigenvalue weighted by Gasteiger charge is -2.18. The van der Waals surface area contributed by atoms with E-state index in [1.165, 1.54) is 0 Å². The number of ether oxygens (including phenoxy) is 1. The van der Waals surface area contributed by atoms with Gasteiger partial charge >= 0.3 is 12.0 Å². The normalized spacial score (nSPS) is 25.7. The van der Waals surface area contributed by atoms with Crippen molar-refractivity contribution < 1.29 is 19.4 Å². The highest BCUT2D eigenvalue weighted by molar-refractivity contribution is 5.80. The predicted octanol–water partition coefficient (Wildman–Crippen LogP) is 0.281. The second kappa shape index (κ2) is 4.52. The average molecular weight is 242 g/mol. The molecule has 2 amide bonds. The number of urea groups is 1. The van der Waals surface area contributed by atoms with Gasteiger partial charge in [-0.05, 0) is 19.3 Å². The molecule has 6 heteroatoms. The van der Waals surface area contributed by atoms with Crippen LogP contribution in [0.3, 0.4) is 0 Å². The van der Waals surface area contributed by atoms with Crippen LogP contribution in [-0.4, -0.2) is 54.9 Å². The summed E-state index contributed by atoms with van der Waals surface area (Å²) in [6.07, 6.45) is 2.26. The van der Waals surface area contributed by atoms with Gasteiger partial charge in [-0.3, -0.25) is 4.79 Å². The molecule has 1 aliphatic carbocycles. The van der Waals surface area contributed by atoms with E-state index in [4.69, 9.17) is 9.84 Å². The molecule has 1 unspecified atom stereocenters. The van der Waals surface area contributed by atoms with Crippen LogP contribution in [0.4, 0.5) is 4.79 Å². The molecule has 17 heavy (non-hydrogen) atoms. The summed E-state index contributed by atoms with van der Waals surface area (Å²) in [5.74, 6) is -0.811. The van der Waals surface area contributed by atoms with E-state index < -0.39 is 11.4 Å². The number of nitrogens with zero attached hydrogens (tertiary/aromatic N) is 1. The molecule has 0 aromatic carbocycles. The summed E-state index contributed by atoms with van der Waals surface area (Å²) in [6, 6.07) is -0.183. The van der Waals surface area contributed by atoms with Crippen LogP contribution < -0.4 is 5.32 Å². The Labute approximate surface area is 99.9 Å². The summed E-state index contributed by atoms with van der Waals surface area (Å²) in [6.45, 7) is 1.49. The molecule has 2 aliphatic rings. The van der Waals surface area contributed by atoms with Gasteiger partial charge in [0.05, 0.1) is 11.5 Å². The maximum Gasteiger partial charge on any atom is 0.317 e. The maximum absolute atomic E-state index is 11.8. The van der Waals surface area contributed by atoms with Gasteiger partial charge in [0.15, 0.2) is 0 Å². The monoisotopic (exact) mass is 242 g/mol. The molecule has 0 radical (unpaired) electrons. The third-order valence-electron chi connectivity index (χ3n) is 3.65. The van der Waals surface area contributed by atoms with Crippen molar-refractivity contribution in [3.63, 3.8) is 0 Å². The topological polar surface area (TPSA) is 78.9 Å². The number of hydrogen-bond acceptors (Lipinski definition) is 3. The van der Waals surface area contributed by atoms with Crippen molar-refractivity contribution in [2.24, 2.45) is 5.41 Å². The van der Waals surface area contributed by atoms with E-state index in [9.17, 15) is 9.59 Å². The molecular formula is C11H18N2O4. The molecule has 96 valence electrons. The summed E-state index contributed by atoms with van der Waals surface area (Å²) in [4.78, 5) is 24.4. The van der Waals surface area contributed by atoms with Gasteiger partial charge in [0.25, 0.3) is 0 Å². The second-order valence-electron chi connectivity index (χ2n) is 4.84. The van der Waals surface area contributed by atoms with Crippen LogP contribution in [0.2, 0.25) is 0 Å². The molecule has 0 aromatic heterocycles. The van der Waals surface area contributed by atoms with Gasteiger partial charge in [0.1, 0.15) is 0 Å². The van der Waals surface area contributed by atoms with E-state index in [1.54, 1.807) is 12.0 Å². The van der Waals surface area contributed by atoms with Crippen LogP contribution in [-0.2, 0) is 9.53 Å². The van der Waals surface area contributed by atoms with Crippen LogP contribution in [0.5, 0.6) is 0 Å². The Balaban J connectivity index is 1.77. The Bertz CT molecular complexity index is 327. The first kappa shape index (κ1) is 12.2. The molecule has 0 aromatic rings. The Morgan fingerprint density at radius 3 is 2.71 bits per heavy atom. The highest BCUT2D eigenvalue weighted by atomic mass is 16.5. The molecule has 1 aliphatic heterocycles. The standard InChI is InChI=1S/C11H18N2O4/c1-17-8-2-5-13(6-8)10(16)12-7-11(3-4-11)9(14)15/h8H,2-7H2,1H3,(H,12,16)(H,14,15). The van der Waals surface area contributed by atoms with Crippen molar-refractivity contribution in [2.45, 2.75) is 25.4 Å². The van der Waals surface area contributed by atoms with Gasteiger partial charge in [-0.1, -0.05) is 0 Å². The average Bonchev–Trinajstić information content (AvgIpc) is 2.96. The highest BCUT2D eigenvalue weighted by Crippen LogP contribution is 2.45. The lowest BCUT2D eigenvalue weighted by Crippen LogP contribution is -2.42. The van der Waals surface area contributed by atoms with E-state index in [0.29, 0.717) is 25.9 Å². The van der Waals surface area contributed by atoms with Gasteiger partial charge in [0.2, 0.25) is 0 Å². The Morgan fingerprint density at radius 2 is 2.24 bits per heavy atom. The number of amides is 2. The highest BCUT2D eigenvalue weighted by Gasteiger charge is 2.50. The molecular weight excluding hydrogens is 224 g/mol. The number of carboxylic acids is 1. The fraction of sp³-hybridized carbons (Fsp3) is 0.818. The largest absolute Gasteiger partial charge is 0.481 e. The lowest BCUT2D eigenvalue weighted by atomic mass is 10.1. The van der Waals surface area contributed by atoms with E-state index in [-0.39, 0.29) is 18.7 Å². The molecule has 1 heterocycles. The Hall–Kier alpha value is -1.30. The lowest BCUT2D eigenvalue weighted by molar-refractivity contribution is -0.143. The molecule has 6 nitrogen and oxygen atoms in total. The van der Waals surface area contributed by atoms with Gasteiger partial charge < -0.3 is 20.1 Å². The van der Waals surface area contributed by atoms with Crippen molar-refractivity contribution in [3.8, 4) is 0 Å². The fourth-order valence-electron chi connectivity index (χ4n) is 2.08. The maximum atomic E-state index is 11.8. The SMILES string of the molecule is COC1CCN(C(=O)NCC2(C(=O)O)CC2)C1. The third-order valence-corrected chi connectivity index (χ3v) is 3.65. The molecule has 1 saturated carbocycles. The number of carbonyl (C=O) groups excluding carboxylic acids is 1. The van der Waals surface area contributed by atoms with Gasteiger partial charge in [-0.2, -0.15) is 0 Å². The minimum absolute atomic E-state index is 0.107. The predicted molar refractivity (Wildman–Crippen MR) is 59.7 cm³/mol. The molecule has 2 N–H and O–H groups in total. The van der Waals surface area contributed by atoms with Crippen LogP contribution >= 0.6 is 0 Å². The smallest absolute Gasteiger partial charge is 0.317 e. The van der Waals surface area contributed by atoms with Crippen LogP contribution in [0.1, 0.15) is 19.3 Å². The van der Waals surface area contributed by atoms with Crippen molar-refractivity contribution in [1.29, 1.82) is 0 Å². The van der Waals surface area contributed by atoms with Crippen LogP contribution in [0.25, 0.3) is 0 Å². The summed E-state index contributed by atoms with van der Waals surface area (Å²) >= 11 is 0. The number of aliphatic carboxylic acids is 1. The molecule has 0 spiro atoms. The number of hydrogen-bond donors (Lipinski definition) is 2. The number of nitrogens with one attached hydrogen (secondary N) is 1. The fourth-order valence-corrected chi connectivity index (χ4v) is 2.08. The van der Waals surface area contributed by atoms with E-state index >= 15 is 0 Å². The number of carboxylic acid groups (broad SMARTS) is 1. The van der Waals surface area contributed by atoms with Gasteiger partial charge in [-0.25, -0.2) is 4.79 Å². The van der Waals surface area contributed by atoms with E-state index in [1.807, 2.05) is 0 Å². The number of rotatable bonds is 4. The quantitative estimate of drug-likeness (QED) is 0.742. The number of carbonyl (C=O) groups is 2. The zero-order chi connectivity index (χ0) is 12.5. The Morgan fingerprint density at radius 1 is 1.53 bits per heavy atom. The zero-order valence-electron chi connectivity index (χ0n) is 9.94. The molecule has 2 rings (SSSR count). The van der Waals surface area contributed by atoms with Crippen LogP contribution in [0, 0.1) is 5.41 Å². The van der Waals surface area contributed by atoms with Gasteiger partial charge in [-0.15, -0.1) is 0 Å². The first-order valence-corrected chi connectivity index (χ1v) is 5.86. The van der Waals surface area contributed by atoms with Gasteiger partial charge in [0, 0.05) is 26.7 Å². The first-order chi connectivity index (χ1) is 8.07. The van der Waals surface area contributed by atoms with Crippen molar-refractivity contribution in [3.05, 3.63) is 0 Å². The van der Waals surface area contributed by atoms with E-state index in [0.717, 1.165) is 6.42 Å². The molecule has 1 atom stereocenters. The van der Waals surface area contributed by atoms with E-state index in [2.05, 4.69) is 5.32 Å².